The van der Waals surface area contributed by atoms with E-state index in [1.54, 1.807) is 0 Å². The number of para-hydroxylation sites is 3. The Labute approximate surface area is 322 Å². The molecule has 0 bridgehead atoms. The molecule has 12 aromatic rings. The summed E-state index contributed by atoms with van der Waals surface area (Å²) in [5.41, 5.74) is 10.2. The van der Waals surface area contributed by atoms with Crippen LogP contribution in [0, 0.1) is 0 Å². The van der Waals surface area contributed by atoms with Crippen LogP contribution in [0.2, 0.25) is 0 Å². The second-order valence-electron chi connectivity index (χ2n) is 14.6. The predicted molar refractivity (Wildman–Crippen MR) is 234 cm³/mol. The van der Waals surface area contributed by atoms with Crippen LogP contribution in [0.15, 0.2) is 194 Å². The summed E-state index contributed by atoms with van der Waals surface area (Å²) in [6.07, 6.45) is 3.84. The lowest BCUT2D eigenvalue weighted by Gasteiger charge is -2.14. The van der Waals surface area contributed by atoms with Crippen LogP contribution in [0.25, 0.3) is 110 Å². The van der Waals surface area contributed by atoms with Crippen LogP contribution < -0.4 is 0 Å². The molecule has 260 valence electrons. The number of fused-ring (bicyclic) bond motifs is 12. The van der Waals surface area contributed by atoms with Crippen molar-refractivity contribution in [2.24, 2.45) is 0 Å². The molecule has 0 atom stereocenters. The molecule has 0 aliphatic rings. The number of hydrogen-bond acceptors (Lipinski definition) is 2. The molecular formula is C52H32N4. The van der Waals surface area contributed by atoms with Gasteiger partial charge in [0.1, 0.15) is 0 Å². The van der Waals surface area contributed by atoms with Crippen molar-refractivity contribution in [3.05, 3.63) is 194 Å². The van der Waals surface area contributed by atoms with E-state index in [2.05, 4.69) is 173 Å². The van der Waals surface area contributed by atoms with E-state index < -0.39 is 0 Å². The van der Waals surface area contributed by atoms with Gasteiger partial charge in [-0.2, -0.15) is 0 Å². The van der Waals surface area contributed by atoms with Gasteiger partial charge in [-0.15, -0.1) is 0 Å². The maximum absolute atomic E-state index is 4.87. The molecular weight excluding hydrogens is 681 g/mol. The Hall–Kier alpha value is -7.56. The van der Waals surface area contributed by atoms with Crippen LogP contribution in [0.5, 0.6) is 0 Å². The van der Waals surface area contributed by atoms with E-state index in [4.69, 9.17) is 9.97 Å². The van der Waals surface area contributed by atoms with E-state index >= 15 is 0 Å². The van der Waals surface area contributed by atoms with Gasteiger partial charge in [-0.25, -0.2) is 9.97 Å². The zero-order valence-electron chi connectivity index (χ0n) is 30.3. The Morgan fingerprint density at radius 3 is 1.45 bits per heavy atom. The van der Waals surface area contributed by atoms with Crippen LogP contribution in [-0.2, 0) is 0 Å². The number of benzene rings is 9. The SMILES string of the molecule is c1ccc(-c2cnc(-n3c4ccccc4c4cc(-c5ccc6c(c5)c5ccccc5c5cc7c(cc65)c5ccccc5n7-c5ccccc5)ccc43)nc2)cc1. The Kier molecular flexibility index (Phi) is 6.60. The van der Waals surface area contributed by atoms with Gasteiger partial charge in [0.2, 0.25) is 5.95 Å². The third-order valence-electron chi connectivity index (χ3n) is 11.6. The highest BCUT2D eigenvalue weighted by atomic mass is 15.1. The summed E-state index contributed by atoms with van der Waals surface area (Å²) in [5, 5.41) is 12.4. The van der Waals surface area contributed by atoms with Gasteiger partial charge in [0.25, 0.3) is 0 Å². The molecule has 0 radical (unpaired) electrons. The van der Waals surface area contributed by atoms with Crippen molar-refractivity contribution < 1.29 is 0 Å². The number of nitrogens with zero attached hydrogens (tertiary/aromatic N) is 4. The monoisotopic (exact) mass is 712 g/mol. The lowest BCUT2D eigenvalue weighted by molar-refractivity contribution is 0.990. The Morgan fingerprint density at radius 2 is 0.750 bits per heavy atom. The van der Waals surface area contributed by atoms with Crippen molar-refractivity contribution >= 4 is 75.9 Å². The minimum Gasteiger partial charge on any atom is -0.309 e. The van der Waals surface area contributed by atoms with Crippen LogP contribution in [-0.4, -0.2) is 19.1 Å². The van der Waals surface area contributed by atoms with Gasteiger partial charge >= 0.3 is 0 Å². The summed E-state index contributed by atoms with van der Waals surface area (Å²) in [4.78, 5) is 9.74. The smallest absolute Gasteiger partial charge is 0.234 e. The fourth-order valence-corrected chi connectivity index (χ4v) is 9.03. The zero-order chi connectivity index (χ0) is 36.7. The third-order valence-corrected chi connectivity index (χ3v) is 11.6. The quantitative estimate of drug-likeness (QED) is 0.170. The van der Waals surface area contributed by atoms with E-state index in [0.717, 1.165) is 22.2 Å². The summed E-state index contributed by atoms with van der Waals surface area (Å²) < 4.78 is 4.59. The molecule has 0 aliphatic carbocycles. The number of rotatable bonds is 4. The van der Waals surface area contributed by atoms with Crippen molar-refractivity contribution in [1.29, 1.82) is 0 Å². The molecule has 3 aromatic heterocycles. The first-order valence-electron chi connectivity index (χ1n) is 19.1. The molecule has 0 N–H and O–H groups in total. The maximum atomic E-state index is 4.87. The summed E-state index contributed by atoms with van der Waals surface area (Å²) in [5.74, 6) is 0.661. The molecule has 0 fully saturated rings. The molecule has 0 spiro atoms. The van der Waals surface area contributed by atoms with Gasteiger partial charge in [-0.1, -0.05) is 127 Å². The second-order valence-corrected chi connectivity index (χ2v) is 14.6. The van der Waals surface area contributed by atoms with Crippen molar-refractivity contribution in [3.8, 4) is 33.9 Å². The molecule has 0 saturated heterocycles. The topological polar surface area (TPSA) is 35.6 Å². The highest BCUT2D eigenvalue weighted by molar-refractivity contribution is 6.29. The molecule has 3 heterocycles. The molecule has 0 unspecified atom stereocenters. The van der Waals surface area contributed by atoms with Crippen LogP contribution >= 0.6 is 0 Å². The minimum absolute atomic E-state index is 0.661. The van der Waals surface area contributed by atoms with Gasteiger partial charge in [0.15, 0.2) is 0 Å². The van der Waals surface area contributed by atoms with E-state index in [0.29, 0.717) is 5.95 Å². The molecule has 0 aliphatic heterocycles. The van der Waals surface area contributed by atoms with E-state index in [1.807, 2.05) is 30.6 Å². The first-order chi connectivity index (χ1) is 27.8. The fraction of sp³-hybridized carbons (Fsp3) is 0. The van der Waals surface area contributed by atoms with Gasteiger partial charge in [-0.05, 0) is 104 Å². The van der Waals surface area contributed by atoms with Crippen molar-refractivity contribution in [2.45, 2.75) is 0 Å². The van der Waals surface area contributed by atoms with Gasteiger partial charge in [0, 0.05) is 45.2 Å². The molecule has 4 nitrogen and oxygen atoms in total. The van der Waals surface area contributed by atoms with Gasteiger partial charge in [-0.3, -0.25) is 4.57 Å². The summed E-state index contributed by atoms with van der Waals surface area (Å²) in [6, 6.07) is 65.8. The molecule has 4 heteroatoms. The Morgan fingerprint density at radius 1 is 0.268 bits per heavy atom. The third kappa shape index (κ3) is 4.53. The molecule has 9 aromatic carbocycles. The number of hydrogen-bond donors (Lipinski definition) is 0. The Bertz CT molecular complexity index is 3510. The van der Waals surface area contributed by atoms with E-state index in [1.165, 1.54) is 81.7 Å². The van der Waals surface area contributed by atoms with Gasteiger partial charge < -0.3 is 4.57 Å². The Balaban J connectivity index is 1.05. The summed E-state index contributed by atoms with van der Waals surface area (Å²) >= 11 is 0. The van der Waals surface area contributed by atoms with Crippen molar-refractivity contribution in [3.63, 3.8) is 0 Å². The predicted octanol–water partition coefficient (Wildman–Crippen LogP) is 13.5. The lowest BCUT2D eigenvalue weighted by atomic mass is 9.91. The van der Waals surface area contributed by atoms with Crippen molar-refractivity contribution in [2.75, 3.05) is 0 Å². The molecule has 0 saturated carbocycles. The highest BCUT2D eigenvalue weighted by Crippen LogP contribution is 2.42. The molecule has 0 amide bonds. The highest BCUT2D eigenvalue weighted by Gasteiger charge is 2.18. The first-order valence-corrected chi connectivity index (χ1v) is 19.1. The first kappa shape index (κ1) is 30.9. The van der Waals surface area contributed by atoms with E-state index in [-0.39, 0.29) is 0 Å². The lowest BCUT2D eigenvalue weighted by Crippen LogP contribution is -2.00. The van der Waals surface area contributed by atoms with Crippen LogP contribution in [0.1, 0.15) is 0 Å². The average Bonchev–Trinajstić information content (AvgIpc) is 3.78. The van der Waals surface area contributed by atoms with Crippen LogP contribution in [0.4, 0.5) is 0 Å². The normalized spacial score (nSPS) is 11.9. The summed E-state index contributed by atoms with van der Waals surface area (Å²) in [6.45, 7) is 0. The largest absolute Gasteiger partial charge is 0.309 e. The van der Waals surface area contributed by atoms with Crippen LogP contribution in [0.3, 0.4) is 0 Å². The maximum Gasteiger partial charge on any atom is 0.234 e. The summed E-state index contributed by atoms with van der Waals surface area (Å²) in [7, 11) is 0. The standard InChI is InChI=1S/C52H32N4/c1-3-13-33(14-4-1)36-31-53-52(54-32-36)56-49-22-12-10-19-41(49)46-28-35(24-26-50(46)56)34-23-25-40-43(27-34)38-17-7-8-18-39(38)45-30-51-47(29-44(40)45)42-20-9-11-21-48(42)55(51)37-15-5-2-6-16-37/h1-32H. The van der Waals surface area contributed by atoms with E-state index in [9.17, 15) is 0 Å². The van der Waals surface area contributed by atoms with Gasteiger partial charge in [0.05, 0.1) is 22.1 Å². The fourth-order valence-electron chi connectivity index (χ4n) is 9.03. The minimum atomic E-state index is 0.661. The zero-order valence-corrected chi connectivity index (χ0v) is 30.3. The number of aromatic nitrogens is 4. The second kappa shape index (κ2) is 12.0. The molecule has 12 rings (SSSR count). The molecule has 56 heavy (non-hydrogen) atoms. The average molecular weight is 713 g/mol. The van der Waals surface area contributed by atoms with Crippen molar-refractivity contribution in [1.82, 2.24) is 19.1 Å².